The Morgan fingerprint density at radius 2 is 2.21 bits per heavy atom. The number of β-amino-alcohol motifs (C(OH)–C–C–N with tert-alkyl or cyclic N) is 1. The summed E-state index contributed by atoms with van der Waals surface area (Å²) in [6, 6.07) is 1.74. The van der Waals surface area contributed by atoms with E-state index in [1.165, 1.54) is 0 Å². The molecule has 0 unspecified atom stereocenters. The highest BCUT2D eigenvalue weighted by molar-refractivity contribution is 6.41. The van der Waals surface area contributed by atoms with Gasteiger partial charge in [0.2, 0.25) is 0 Å². The van der Waals surface area contributed by atoms with Crippen molar-refractivity contribution in [1.82, 2.24) is 10.3 Å². The minimum absolute atomic E-state index is 0.300. The van der Waals surface area contributed by atoms with Crippen LogP contribution in [0.2, 0.25) is 10.2 Å². The van der Waals surface area contributed by atoms with E-state index in [2.05, 4.69) is 10.3 Å². The van der Waals surface area contributed by atoms with E-state index in [1.807, 2.05) is 0 Å². The average Bonchev–Trinajstić information content (AvgIpc) is 2.09. The molecule has 0 saturated carbocycles. The summed E-state index contributed by atoms with van der Waals surface area (Å²) >= 11 is 11.5. The highest BCUT2D eigenvalue weighted by Gasteiger charge is 2.34. The van der Waals surface area contributed by atoms with Crippen molar-refractivity contribution in [3.05, 3.63) is 28.0 Å². The van der Waals surface area contributed by atoms with E-state index in [9.17, 15) is 5.11 Å². The normalized spacial score (nSPS) is 19.1. The zero-order valence-corrected chi connectivity index (χ0v) is 8.94. The lowest BCUT2D eigenvalue weighted by Gasteiger charge is -2.37. The Hall–Kier alpha value is -0.350. The monoisotopic (exact) mass is 232 g/mol. The first kappa shape index (κ1) is 10.2. The quantitative estimate of drug-likeness (QED) is 0.756. The summed E-state index contributed by atoms with van der Waals surface area (Å²) in [4.78, 5) is 3.92. The summed E-state index contributed by atoms with van der Waals surface area (Å²) in [5, 5.41) is 13.6. The van der Waals surface area contributed by atoms with Crippen LogP contribution >= 0.6 is 23.2 Å². The molecular weight excluding hydrogens is 223 g/mol. The van der Waals surface area contributed by atoms with Crippen LogP contribution in [0.15, 0.2) is 12.3 Å². The molecule has 1 saturated heterocycles. The maximum atomic E-state index is 9.86. The Morgan fingerprint density at radius 3 is 2.71 bits per heavy atom. The molecule has 0 spiro atoms. The summed E-state index contributed by atoms with van der Waals surface area (Å²) in [6.07, 6.45) is 2.20. The summed E-state index contributed by atoms with van der Waals surface area (Å²) in [5.41, 5.74) is 0.266. The molecule has 1 aliphatic heterocycles. The highest BCUT2D eigenvalue weighted by atomic mass is 35.5. The van der Waals surface area contributed by atoms with Crippen LogP contribution in [-0.2, 0) is 6.42 Å². The molecule has 1 fully saturated rings. The third-order valence-electron chi connectivity index (χ3n) is 2.29. The molecule has 2 rings (SSSR count). The van der Waals surface area contributed by atoms with Gasteiger partial charge < -0.3 is 10.4 Å². The lowest BCUT2D eigenvalue weighted by atomic mass is 9.90. The smallest absolute Gasteiger partial charge is 0.147 e. The molecule has 0 amide bonds. The number of pyridine rings is 1. The summed E-state index contributed by atoms with van der Waals surface area (Å²) < 4.78 is 0. The van der Waals surface area contributed by atoms with Gasteiger partial charge in [-0.3, -0.25) is 0 Å². The zero-order valence-electron chi connectivity index (χ0n) is 7.43. The van der Waals surface area contributed by atoms with E-state index in [1.54, 1.807) is 12.3 Å². The lowest BCUT2D eigenvalue weighted by Crippen LogP contribution is -2.60. The van der Waals surface area contributed by atoms with Gasteiger partial charge in [0.1, 0.15) is 5.15 Å². The topological polar surface area (TPSA) is 45.2 Å². The van der Waals surface area contributed by atoms with E-state index in [0.29, 0.717) is 29.7 Å². The van der Waals surface area contributed by atoms with Crippen molar-refractivity contribution >= 4 is 23.2 Å². The van der Waals surface area contributed by atoms with Crippen molar-refractivity contribution in [3.63, 3.8) is 0 Å². The molecule has 1 aromatic heterocycles. The van der Waals surface area contributed by atoms with Gasteiger partial charge in [0.15, 0.2) is 0 Å². The van der Waals surface area contributed by atoms with Crippen LogP contribution in [0.4, 0.5) is 0 Å². The highest BCUT2D eigenvalue weighted by Crippen LogP contribution is 2.23. The molecule has 1 aromatic rings. The number of hydrogen-bond acceptors (Lipinski definition) is 3. The zero-order chi connectivity index (χ0) is 10.2. The largest absolute Gasteiger partial charge is 0.387 e. The van der Waals surface area contributed by atoms with E-state index in [-0.39, 0.29) is 0 Å². The molecule has 14 heavy (non-hydrogen) atoms. The van der Waals surface area contributed by atoms with Crippen molar-refractivity contribution in [1.29, 1.82) is 0 Å². The molecule has 0 atom stereocenters. The molecule has 0 bridgehead atoms. The number of hydrogen-bond donors (Lipinski definition) is 2. The average molecular weight is 233 g/mol. The second kappa shape index (κ2) is 3.66. The fraction of sp³-hybridized carbons (Fsp3) is 0.444. The van der Waals surface area contributed by atoms with Crippen LogP contribution in [0.25, 0.3) is 0 Å². The Bertz CT molecular complexity index is 353. The predicted molar refractivity (Wildman–Crippen MR) is 55.8 cm³/mol. The van der Waals surface area contributed by atoms with Crippen LogP contribution in [0, 0.1) is 0 Å². The van der Waals surface area contributed by atoms with Crippen LogP contribution < -0.4 is 5.32 Å². The summed E-state index contributed by atoms with van der Waals surface area (Å²) in [5.74, 6) is 0. The Balaban J connectivity index is 2.13. The van der Waals surface area contributed by atoms with Crippen LogP contribution in [0.3, 0.4) is 0 Å². The Morgan fingerprint density at radius 1 is 1.50 bits per heavy atom. The van der Waals surface area contributed by atoms with E-state index in [4.69, 9.17) is 23.2 Å². The Labute approximate surface area is 92.1 Å². The molecule has 2 N–H and O–H groups in total. The summed E-state index contributed by atoms with van der Waals surface area (Å²) in [7, 11) is 0. The molecule has 5 heteroatoms. The lowest BCUT2D eigenvalue weighted by molar-refractivity contribution is -0.00907. The second-order valence-electron chi connectivity index (χ2n) is 3.62. The van der Waals surface area contributed by atoms with Crippen molar-refractivity contribution in [2.45, 2.75) is 12.0 Å². The number of halogens is 2. The third kappa shape index (κ3) is 2.01. The maximum absolute atomic E-state index is 9.86. The third-order valence-corrected chi connectivity index (χ3v) is 2.98. The van der Waals surface area contributed by atoms with Gasteiger partial charge in [0, 0.05) is 25.7 Å². The first-order valence-electron chi connectivity index (χ1n) is 4.32. The van der Waals surface area contributed by atoms with Crippen LogP contribution in [0.5, 0.6) is 0 Å². The molecule has 3 nitrogen and oxygen atoms in total. The summed E-state index contributed by atoms with van der Waals surface area (Å²) in [6.45, 7) is 1.24. The van der Waals surface area contributed by atoms with Gasteiger partial charge in [0.05, 0.1) is 10.6 Å². The van der Waals surface area contributed by atoms with Gasteiger partial charge in [-0.1, -0.05) is 23.2 Å². The van der Waals surface area contributed by atoms with Crippen molar-refractivity contribution in [2.75, 3.05) is 13.1 Å². The molecular formula is C9H10Cl2N2O. The molecule has 0 aromatic carbocycles. The number of nitrogens with zero attached hydrogens (tertiary/aromatic N) is 1. The van der Waals surface area contributed by atoms with E-state index >= 15 is 0 Å². The van der Waals surface area contributed by atoms with E-state index in [0.717, 1.165) is 5.56 Å². The first-order valence-corrected chi connectivity index (χ1v) is 5.08. The fourth-order valence-electron chi connectivity index (χ4n) is 1.48. The van der Waals surface area contributed by atoms with Gasteiger partial charge in [-0.2, -0.15) is 0 Å². The molecule has 0 aliphatic carbocycles. The van der Waals surface area contributed by atoms with Crippen LogP contribution in [0.1, 0.15) is 5.56 Å². The number of aliphatic hydroxyl groups is 1. The van der Waals surface area contributed by atoms with Crippen LogP contribution in [-0.4, -0.2) is 28.8 Å². The van der Waals surface area contributed by atoms with E-state index < -0.39 is 5.60 Å². The molecule has 76 valence electrons. The standard InChI is InChI=1S/C9H10Cl2N2O/c10-7-1-6(3-13-8(7)11)2-9(14)4-12-5-9/h1,3,12,14H,2,4-5H2. The second-order valence-corrected chi connectivity index (χ2v) is 4.39. The maximum Gasteiger partial charge on any atom is 0.147 e. The minimum Gasteiger partial charge on any atom is -0.387 e. The molecule has 2 heterocycles. The predicted octanol–water partition coefficient (Wildman–Crippen LogP) is 1.27. The van der Waals surface area contributed by atoms with Gasteiger partial charge in [-0.15, -0.1) is 0 Å². The Kier molecular flexibility index (Phi) is 2.66. The SMILES string of the molecule is OC1(Cc2cnc(Cl)c(Cl)c2)CNC1. The number of nitrogens with one attached hydrogen (secondary N) is 1. The van der Waals surface area contributed by atoms with Gasteiger partial charge in [0.25, 0.3) is 0 Å². The fourth-order valence-corrected chi connectivity index (χ4v) is 1.77. The minimum atomic E-state index is -0.640. The van der Waals surface area contributed by atoms with Gasteiger partial charge in [-0.25, -0.2) is 4.98 Å². The molecule has 1 aliphatic rings. The van der Waals surface area contributed by atoms with Crippen molar-refractivity contribution < 1.29 is 5.11 Å². The number of aromatic nitrogens is 1. The van der Waals surface area contributed by atoms with Gasteiger partial charge in [-0.05, 0) is 11.6 Å². The van der Waals surface area contributed by atoms with Crippen molar-refractivity contribution in [2.24, 2.45) is 0 Å². The van der Waals surface area contributed by atoms with Gasteiger partial charge >= 0.3 is 0 Å². The number of rotatable bonds is 2. The van der Waals surface area contributed by atoms with Crippen molar-refractivity contribution in [3.8, 4) is 0 Å². The first-order chi connectivity index (χ1) is 6.59. The molecule has 0 radical (unpaired) electrons.